The molecule has 0 aliphatic carbocycles. The number of nitriles is 1. The summed E-state index contributed by atoms with van der Waals surface area (Å²) in [6.07, 6.45) is 2.63. The monoisotopic (exact) mass is 401 g/mol. The van der Waals surface area contributed by atoms with Gasteiger partial charge < -0.3 is 19.7 Å². The van der Waals surface area contributed by atoms with Crippen molar-refractivity contribution in [3.63, 3.8) is 0 Å². The zero-order chi connectivity index (χ0) is 21.1. The Morgan fingerprint density at radius 2 is 2.13 bits per heavy atom. The van der Waals surface area contributed by atoms with Gasteiger partial charge in [-0.25, -0.2) is 9.97 Å². The van der Waals surface area contributed by atoms with Gasteiger partial charge in [0, 0.05) is 17.1 Å². The standard InChI is InChI=1S/C22H19N5O3/c1-3-21(28)27-11-16(12-27)30-20-8-17-18(9-19(20)29-2)24-13-25-22(17)26-15-6-4-5-14(7-15)10-23/h3-9,13,16H,1,11-12H2,2H3,(H,24,25,26). The van der Waals surface area contributed by atoms with Gasteiger partial charge in [-0.3, -0.25) is 4.79 Å². The van der Waals surface area contributed by atoms with E-state index in [4.69, 9.17) is 14.7 Å². The van der Waals surface area contributed by atoms with E-state index in [1.165, 1.54) is 12.4 Å². The van der Waals surface area contributed by atoms with Crippen molar-refractivity contribution < 1.29 is 14.3 Å². The van der Waals surface area contributed by atoms with Crippen molar-refractivity contribution in [2.45, 2.75) is 6.10 Å². The molecule has 1 aliphatic heterocycles. The molecular formula is C22H19N5O3. The fourth-order valence-electron chi connectivity index (χ4n) is 3.22. The number of benzene rings is 2. The molecule has 8 nitrogen and oxygen atoms in total. The van der Waals surface area contributed by atoms with Crippen LogP contribution in [0.15, 0.2) is 55.4 Å². The Bertz CT molecular complexity index is 1170. The van der Waals surface area contributed by atoms with E-state index in [2.05, 4.69) is 27.9 Å². The smallest absolute Gasteiger partial charge is 0.246 e. The molecule has 150 valence electrons. The molecule has 0 bridgehead atoms. The Labute approximate surface area is 173 Å². The number of aromatic nitrogens is 2. The summed E-state index contributed by atoms with van der Waals surface area (Å²) in [6.45, 7) is 4.48. The van der Waals surface area contributed by atoms with Crippen LogP contribution in [-0.2, 0) is 4.79 Å². The number of likely N-dealkylation sites (tertiary alicyclic amines) is 1. The van der Waals surface area contributed by atoms with E-state index in [-0.39, 0.29) is 12.0 Å². The molecule has 0 spiro atoms. The maximum Gasteiger partial charge on any atom is 0.246 e. The van der Waals surface area contributed by atoms with Crippen molar-refractivity contribution in [1.82, 2.24) is 14.9 Å². The summed E-state index contributed by atoms with van der Waals surface area (Å²) in [5, 5.41) is 13.1. The Kier molecular flexibility index (Phi) is 5.18. The molecule has 1 saturated heterocycles. The van der Waals surface area contributed by atoms with Gasteiger partial charge in [-0.1, -0.05) is 12.6 Å². The van der Waals surface area contributed by atoms with E-state index in [1.54, 1.807) is 36.3 Å². The minimum Gasteiger partial charge on any atom is -0.493 e. The van der Waals surface area contributed by atoms with Gasteiger partial charge >= 0.3 is 0 Å². The molecule has 1 fully saturated rings. The highest BCUT2D eigenvalue weighted by Gasteiger charge is 2.31. The quantitative estimate of drug-likeness (QED) is 0.634. The summed E-state index contributed by atoms with van der Waals surface area (Å²) in [5.41, 5.74) is 1.97. The normalized spacial score (nSPS) is 13.3. The highest BCUT2D eigenvalue weighted by atomic mass is 16.5. The van der Waals surface area contributed by atoms with Gasteiger partial charge in [0.2, 0.25) is 5.91 Å². The lowest BCUT2D eigenvalue weighted by molar-refractivity contribution is -0.134. The lowest BCUT2D eigenvalue weighted by atomic mass is 10.1. The minimum absolute atomic E-state index is 0.111. The van der Waals surface area contributed by atoms with Gasteiger partial charge in [-0.15, -0.1) is 0 Å². The van der Waals surface area contributed by atoms with Crippen molar-refractivity contribution in [3.05, 3.63) is 60.9 Å². The fraction of sp³-hybridized carbons (Fsp3) is 0.182. The number of rotatable bonds is 6. The number of nitrogens with one attached hydrogen (secondary N) is 1. The Morgan fingerprint density at radius 1 is 1.30 bits per heavy atom. The van der Waals surface area contributed by atoms with Crippen LogP contribution in [0.1, 0.15) is 5.56 Å². The molecule has 2 heterocycles. The van der Waals surface area contributed by atoms with Gasteiger partial charge in [0.1, 0.15) is 18.2 Å². The van der Waals surface area contributed by atoms with Crippen LogP contribution in [0.5, 0.6) is 11.5 Å². The van der Waals surface area contributed by atoms with Crippen LogP contribution in [0.25, 0.3) is 10.9 Å². The SMILES string of the molecule is C=CC(=O)N1CC(Oc2cc3c(Nc4cccc(C#N)c4)ncnc3cc2OC)C1. The number of anilines is 2. The topological polar surface area (TPSA) is 100 Å². The van der Waals surface area contributed by atoms with E-state index in [0.717, 1.165) is 11.1 Å². The zero-order valence-corrected chi connectivity index (χ0v) is 16.3. The molecule has 3 aromatic rings. The number of hydrogen-bond donors (Lipinski definition) is 1. The van der Waals surface area contributed by atoms with Crippen molar-refractivity contribution >= 4 is 28.3 Å². The second-order valence-electron chi connectivity index (χ2n) is 6.75. The highest BCUT2D eigenvalue weighted by molar-refractivity contribution is 5.93. The fourth-order valence-corrected chi connectivity index (χ4v) is 3.22. The third-order valence-electron chi connectivity index (χ3n) is 4.80. The first-order valence-corrected chi connectivity index (χ1v) is 9.29. The maximum absolute atomic E-state index is 11.6. The number of hydrogen-bond acceptors (Lipinski definition) is 7. The average Bonchev–Trinajstić information content (AvgIpc) is 2.75. The first-order chi connectivity index (χ1) is 14.6. The largest absolute Gasteiger partial charge is 0.493 e. The molecule has 4 rings (SSSR count). The van der Waals surface area contributed by atoms with E-state index >= 15 is 0 Å². The number of fused-ring (bicyclic) bond motifs is 1. The van der Waals surface area contributed by atoms with Crippen LogP contribution in [0.4, 0.5) is 11.5 Å². The highest BCUT2D eigenvalue weighted by Crippen LogP contribution is 2.36. The molecule has 1 aromatic heterocycles. The molecule has 1 amide bonds. The van der Waals surface area contributed by atoms with Crippen LogP contribution in [0.3, 0.4) is 0 Å². The molecule has 8 heteroatoms. The predicted molar refractivity (Wildman–Crippen MR) is 112 cm³/mol. The average molecular weight is 401 g/mol. The lowest BCUT2D eigenvalue weighted by Crippen LogP contribution is -2.55. The van der Waals surface area contributed by atoms with Gasteiger partial charge in [-0.05, 0) is 30.3 Å². The first kappa shape index (κ1) is 19.2. The second kappa shape index (κ2) is 8.09. The third kappa shape index (κ3) is 3.73. The molecule has 2 aromatic carbocycles. The summed E-state index contributed by atoms with van der Waals surface area (Å²) >= 11 is 0. The summed E-state index contributed by atoms with van der Waals surface area (Å²) in [7, 11) is 1.57. The van der Waals surface area contributed by atoms with Gasteiger partial charge in [0.05, 0.1) is 37.3 Å². The van der Waals surface area contributed by atoms with Crippen LogP contribution in [0, 0.1) is 11.3 Å². The number of methoxy groups -OCH3 is 1. The molecule has 0 atom stereocenters. The van der Waals surface area contributed by atoms with Gasteiger partial charge in [0.25, 0.3) is 0 Å². The van der Waals surface area contributed by atoms with Gasteiger partial charge in [-0.2, -0.15) is 5.26 Å². The Morgan fingerprint density at radius 3 is 2.87 bits per heavy atom. The first-order valence-electron chi connectivity index (χ1n) is 9.29. The van der Waals surface area contributed by atoms with Crippen molar-refractivity contribution in [1.29, 1.82) is 5.26 Å². The van der Waals surface area contributed by atoms with Crippen molar-refractivity contribution in [2.75, 3.05) is 25.5 Å². The summed E-state index contributed by atoms with van der Waals surface area (Å²) in [4.78, 5) is 22.0. The van der Waals surface area contributed by atoms with Crippen molar-refractivity contribution in [2.24, 2.45) is 0 Å². The summed E-state index contributed by atoms with van der Waals surface area (Å²) in [6, 6.07) is 12.9. The molecule has 1 N–H and O–H groups in total. The lowest BCUT2D eigenvalue weighted by Gasteiger charge is -2.38. The molecule has 30 heavy (non-hydrogen) atoms. The number of carbonyl (C=O) groups is 1. The number of nitrogens with zero attached hydrogens (tertiary/aromatic N) is 4. The Hall–Kier alpha value is -4.12. The molecular weight excluding hydrogens is 382 g/mol. The number of ether oxygens (including phenoxy) is 2. The molecule has 1 aliphatic rings. The van der Waals surface area contributed by atoms with Crippen LogP contribution in [0.2, 0.25) is 0 Å². The van der Waals surface area contributed by atoms with Crippen molar-refractivity contribution in [3.8, 4) is 17.6 Å². The van der Waals surface area contributed by atoms with Crippen LogP contribution >= 0.6 is 0 Å². The van der Waals surface area contributed by atoms with E-state index in [0.29, 0.717) is 41.5 Å². The summed E-state index contributed by atoms with van der Waals surface area (Å²) in [5.74, 6) is 1.57. The number of amides is 1. The van der Waals surface area contributed by atoms with E-state index in [1.807, 2.05) is 12.1 Å². The molecule has 0 saturated carbocycles. The zero-order valence-electron chi connectivity index (χ0n) is 16.3. The maximum atomic E-state index is 11.6. The molecule has 0 radical (unpaired) electrons. The van der Waals surface area contributed by atoms with Crippen LogP contribution in [-0.4, -0.2) is 47.1 Å². The van der Waals surface area contributed by atoms with Gasteiger partial charge in [0.15, 0.2) is 11.5 Å². The van der Waals surface area contributed by atoms with E-state index < -0.39 is 0 Å². The predicted octanol–water partition coefficient (Wildman–Crippen LogP) is 3.03. The number of carbonyl (C=O) groups excluding carboxylic acids is 1. The second-order valence-corrected chi connectivity index (χ2v) is 6.75. The van der Waals surface area contributed by atoms with E-state index in [9.17, 15) is 4.79 Å². The minimum atomic E-state index is -0.131. The third-order valence-corrected chi connectivity index (χ3v) is 4.80. The summed E-state index contributed by atoms with van der Waals surface area (Å²) < 4.78 is 11.5. The molecule has 0 unspecified atom stereocenters. The van der Waals surface area contributed by atoms with Crippen LogP contribution < -0.4 is 14.8 Å². The Balaban J connectivity index is 1.63.